The molecule has 14 heteroatoms. The molecule has 12 nitrogen and oxygen atoms in total. The Bertz CT molecular complexity index is 3020. The van der Waals surface area contributed by atoms with Crippen LogP contribution in [0.5, 0.6) is 5.75 Å². The molecule has 6 atom stereocenters. The predicted molar refractivity (Wildman–Crippen MR) is 250 cm³/mol. The number of phenols is 1. The van der Waals surface area contributed by atoms with Gasteiger partial charge >= 0.3 is 0 Å². The quantitative estimate of drug-likeness (QED) is 0.0956. The topological polar surface area (TPSA) is 141 Å². The van der Waals surface area contributed by atoms with Gasteiger partial charge in [0, 0.05) is 48.5 Å². The van der Waals surface area contributed by atoms with Gasteiger partial charge in [-0.1, -0.05) is 35.4 Å². The number of benzene rings is 4. The van der Waals surface area contributed by atoms with Gasteiger partial charge in [0.25, 0.3) is 0 Å². The normalized spacial score (nSPS) is 24.2. The number of anilines is 3. The number of nitrogens with zero attached hydrogens (tertiary/aromatic N) is 7. The maximum atomic E-state index is 15.3. The van der Waals surface area contributed by atoms with E-state index >= 15 is 9.59 Å². The molecule has 324 valence electrons. The highest BCUT2D eigenvalue weighted by Crippen LogP contribution is 2.64. The van der Waals surface area contributed by atoms with E-state index in [9.17, 15) is 14.7 Å². The zero-order valence-electron chi connectivity index (χ0n) is 36.5. The van der Waals surface area contributed by atoms with Crippen LogP contribution in [0.2, 0.25) is 5.02 Å². The summed E-state index contributed by atoms with van der Waals surface area (Å²) in [5.41, 5.74) is 6.03. The van der Waals surface area contributed by atoms with Crippen LogP contribution in [0.25, 0.3) is 20.7 Å². The Labute approximate surface area is 379 Å². The first-order chi connectivity index (χ1) is 30.6. The van der Waals surface area contributed by atoms with E-state index in [4.69, 9.17) is 16.7 Å². The molecular weight excluding hydrogens is 846 g/mol. The molecule has 0 unspecified atom stereocenters. The maximum absolute atomic E-state index is 15.3. The first-order valence-corrected chi connectivity index (χ1v) is 22.5. The molecule has 2 saturated heterocycles. The SMILES string of the molecule is Cc1cc([C@H]2C3=CC[C@@H]4C(=O)N(c5ccc(N=Nc6ccc(N(C)C)cc6)cc5)C(=O)[C@@H]4[C@@H]3C[C@H]3C(=O)N(c4cc(-c5sc6ccc(Cl)cc6c5C)nn4C)C(=O)[C@@]23C)cc(C)c1O. The van der Waals surface area contributed by atoms with E-state index < -0.39 is 35.0 Å². The first kappa shape index (κ1) is 41.6. The average molecular weight is 892 g/mol. The Balaban J connectivity index is 1.000. The van der Waals surface area contributed by atoms with E-state index in [1.807, 2.05) is 107 Å². The second kappa shape index (κ2) is 15.1. The number of thiophene rings is 1. The van der Waals surface area contributed by atoms with Gasteiger partial charge in [-0.05, 0) is 141 Å². The Hall–Kier alpha value is -6.44. The van der Waals surface area contributed by atoms with Gasteiger partial charge in [-0.3, -0.25) is 28.8 Å². The van der Waals surface area contributed by atoms with Crippen LogP contribution >= 0.6 is 22.9 Å². The number of imide groups is 2. The minimum absolute atomic E-state index is 0.158. The van der Waals surface area contributed by atoms with Gasteiger partial charge in [-0.15, -0.1) is 11.3 Å². The lowest BCUT2D eigenvalue weighted by Crippen LogP contribution is -2.49. The number of aromatic hydroxyl groups is 1. The van der Waals surface area contributed by atoms with Crippen LogP contribution in [-0.4, -0.2) is 52.6 Å². The van der Waals surface area contributed by atoms with Gasteiger partial charge in [-0.25, -0.2) is 4.90 Å². The van der Waals surface area contributed by atoms with E-state index in [1.165, 1.54) is 9.80 Å². The number of azo groups is 1. The van der Waals surface area contributed by atoms with Crippen molar-refractivity contribution in [2.45, 2.75) is 46.5 Å². The van der Waals surface area contributed by atoms with Gasteiger partial charge in [0.15, 0.2) is 0 Å². The van der Waals surface area contributed by atoms with Crippen molar-refractivity contribution in [1.29, 1.82) is 0 Å². The molecule has 6 aromatic rings. The fraction of sp³-hybridized carbons (Fsp3) is 0.300. The van der Waals surface area contributed by atoms with Crippen molar-refractivity contribution in [3.63, 3.8) is 0 Å². The fourth-order valence-electron chi connectivity index (χ4n) is 10.8. The molecule has 4 amide bonds. The highest BCUT2D eigenvalue weighted by molar-refractivity contribution is 7.22. The summed E-state index contributed by atoms with van der Waals surface area (Å²) in [6.45, 7) is 7.52. The summed E-state index contributed by atoms with van der Waals surface area (Å²) >= 11 is 7.93. The van der Waals surface area contributed by atoms with Crippen LogP contribution < -0.4 is 14.7 Å². The lowest BCUT2D eigenvalue weighted by atomic mass is 9.51. The number of halogens is 1. The Morgan fingerprint density at radius 1 is 0.828 bits per heavy atom. The van der Waals surface area contributed by atoms with Crippen LogP contribution in [0.1, 0.15) is 47.9 Å². The third-order valence-corrected chi connectivity index (χ3v) is 15.6. The number of aryl methyl sites for hydroxylation is 4. The zero-order valence-corrected chi connectivity index (χ0v) is 38.0. The summed E-state index contributed by atoms with van der Waals surface area (Å²) in [6.07, 6.45) is 2.55. The number of carbonyl (C=O) groups excluding carboxylic acids is 4. The van der Waals surface area contributed by atoms with Crippen molar-refractivity contribution in [2.75, 3.05) is 28.8 Å². The van der Waals surface area contributed by atoms with E-state index in [2.05, 4.69) is 10.2 Å². The number of phenolic OH excluding ortho intramolecular Hbond substituents is 1. The standard InChI is InChI=1S/C50H46ClN7O5S/c1-25-20-28(21-26(2)44(25)59)43-34-17-18-35-42(48(62)57(46(35)60)33-15-11-31(12-16-33)53-52-30-9-13-32(14-10-30)55(5)6)37(34)23-38-47(61)58(49(63)50(38,43)4)41-24-39(54-56(41)7)45-27(3)36-22-29(51)8-19-40(36)64-45/h8-17,19-22,24,35,37-38,42-43,59H,18,23H2,1-7H3/t35-,37+,38-,42-,43-,50+/m0/s1. The number of rotatable bonds is 7. The number of carbonyl (C=O) groups is 4. The molecular formula is C50H46ClN7O5S. The lowest BCUT2D eigenvalue weighted by Gasteiger charge is -2.49. The van der Waals surface area contributed by atoms with E-state index in [0.29, 0.717) is 51.1 Å². The summed E-state index contributed by atoms with van der Waals surface area (Å²) < 4.78 is 2.63. The van der Waals surface area contributed by atoms with Gasteiger partial charge < -0.3 is 10.0 Å². The summed E-state index contributed by atoms with van der Waals surface area (Å²) in [5.74, 6) is -4.17. The van der Waals surface area contributed by atoms with Crippen molar-refractivity contribution in [3.05, 3.63) is 124 Å². The van der Waals surface area contributed by atoms with Crippen LogP contribution in [0.3, 0.4) is 0 Å². The summed E-state index contributed by atoms with van der Waals surface area (Å²) in [4.78, 5) is 65.0. The van der Waals surface area contributed by atoms with Crippen molar-refractivity contribution >= 4 is 85.2 Å². The first-order valence-electron chi connectivity index (χ1n) is 21.3. The third kappa shape index (κ3) is 6.26. The van der Waals surface area contributed by atoms with Crippen molar-refractivity contribution < 1.29 is 24.3 Å². The highest BCUT2D eigenvalue weighted by Gasteiger charge is 2.68. The van der Waals surface area contributed by atoms with Crippen LogP contribution in [0.15, 0.2) is 107 Å². The van der Waals surface area contributed by atoms with Crippen molar-refractivity contribution in [1.82, 2.24) is 9.78 Å². The Morgan fingerprint density at radius 2 is 1.48 bits per heavy atom. The third-order valence-electron chi connectivity index (χ3n) is 14.1. The van der Waals surface area contributed by atoms with Gasteiger partial charge in [0.2, 0.25) is 23.6 Å². The molecule has 64 heavy (non-hydrogen) atoms. The second-order valence-corrected chi connectivity index (χ2v) is 19.5. The van der Waals surface area contributed by atoms with Crippen molar-refractivity contribution in [3.8, 4) is 16.3 Å². The molecule has 2 aliphatic carbocycles. The number of hydrogen-bond acceptors (Lipinski definition) is 10. The van der Waals surface area contributed by atoms with Crippen LogP contribution in [0.4, 0.5) is 28.6 Å². The molecule has 0 spiro atoms. The predicted octanol–water partition coefficient (Wildman–Crippen LogP) is 10.5. The average Bonchev–Trinajstić information content (AvgIpc) is 3.95. The molecule has 4 aliphatic rings. The largest absolute Gasteiger partial charge is 0.507 e. The number of fused-ring (bicyclic) bond motifs is 5. The Morgan fingerprint density at radius 3 is 2.14 bits per heavy atom. The molecule has 2 aliphatic heterocycles. The minimum Gasteiger partial charge on any atom is -0.507 e. The van der Waals surface area contributed by atoms with Crippen LogP contribution in [0, 0.1) is 49.9 Å². The van der Waals surface area contributed by atoms with E-state index in [0.717, 1.165) is 37.4 Å². The van der Waals surface area contributed by atoms with E-state index in [-0.39, 0.29) is 35.8 Å². The molecule has 3 fully saturated rings. The monoisotopic (exact) mass is 891 g/mol. The molecule has 0 bridgehead atoms. The fourth-order valence-corrected chi connectivity index (χ4v) is 12.2. The van der Waals surface area contributed by atoms with Gasteiger partial charge in [-0.2, -0.15) is 15.3 Å². The zero-order chi connectivity index (χ0) is 45.1. The molecule has 0 radical (unpaired) electrons. The van der Waals surface area contributed by atoms with Gasteiger partial charge in [0.1, 0.15) is 17.3 Å². The molecule has 1 N–H and O–H groups in total. The summed E-state index contributed by atoms with van der Waals surface area (Å²) in [6, 6.07) is 25.9. The molecule has 2 aromatic heterocycles. The highest BCUT2D eigenvalue weighted by atomic mass is 35.5. The number of aromatic nitrogens is 2. The van der Waals surface area contributed by atoms with Crippen molar-refractivity contribution in [2.24, 2.45) is 46.4 Å². The summed E-state index contributed by atoms with van der Waals surface area (Å²) in [7, 11) is 5.67. The number of hydrogen-bond donors (Lipinski definition) is 1. The lowest BCUT2D eigenvalue weighted by molar-refractivity contribution is -0.131. The Kier molecular flexibility index (Phi) is 9.80. The van der Waals surface area contributed by atoms with Crippen LogP contribution in [-0.2, 0) is 26.2 Å². The second-order valence-electron chi connectivity index (χ2n) is 18.0. The van der Waals surface area contributed by atoms with Gasteiger partial charge in [0.05, 0.1) is 45.1 Å². The minimum atomic E-state index is -1.26. The molecule has 1 saturated carbocycles. The molecule has 4 aromatic carbocycles. The number of amides is 4. The maximum Gasteiger partial charge on any atom is 0.242 e. The summed E-state index contributed by atoms with van der Waals surface area (Å²) in [5, 5.41) is 26.1. The number of allylic oxidation sites excluding steroid dienone is 2. The smallest absolute Gasteiger partial charge is 0.242 e. The molecule has 4 heterocycles. The van der Waals surface area contributed by atoms with E-state index in [1.54, 1.807) is 53.4 Å². The molecule has 10 rings (SSSR count).